The fourth-order valence-electron chi connectivity index (χ4n) is 2.46. The second kappa shape index (κ2) is 7.29. The van der Waals surface area contributed by atoms with Crippen LogP contribution < -0.4 is 15.4 Å². The number of anilines is 2. The van der Waals surface area contributed by atoms with Crippen molar-refractivity contribution in [2.45, 2.75) is 19.9 Å². The number of halogens is 1. The molecule has 7 heteroatoms. The number of hydrogen-bond donors (Lipinski definition) is 2. The number of benzene rings is 2. The number of ether oxygens (including phenoxy) is 1. The normalized spacial score (nSPS) is 12.0. The minimum atomic E-state index is -0.435. The highest BCUT2D eigenvalue weighted by molar-refractivity contribution is 7.18. The van der Waals surface area contributed by atoms with Gasteiger partial charge in [0.2, 0.25) is 5.91 Å². The van der Waals surface area contributed by atoms with Crippen LogP contribution in [0.15, 0.2) is 36.4 Å². The molecule has 0 spiro atoms. The van der Waals surface area contributed by atoms with E-state index in [1.54, 1.807) is 43.6 Å². The second-order valence-electron chi connectivity index (χ2n) is 5.62. The minimum Gasteiger partial charge on any atom is -0.495 e. The Kier molecular flexibility index (Phi) is 5.11. The van der Waals surface area contributed by atoms with Crippen molar-refractivity contribution in [1.29, 1.82) is 0 Å². The number of methoxy groups -OCH3 is 1. The number of aryl methyl sites for hydroxylation is 1. The first-order valence-electron chi connectivity index (χ1n) is 7.74. The number of carbonyl (C=O) groups excluding carboxylic acids is 1. The molecule has 0 aliphatic carbocycles. The monoisotopic (exact) mass is 375 g/mol. The van der Waals surface area contributed by atoms with Gasteiger partial charge < -0.3 is 15.4 Å². The topological polar surface area (TPSA) is 63.2 Å². The highest BCUT2D eigenvalue weighted by atomic mass is 35.5. The highest BCUT2D eigenvalue weighted by Gasteiger charge is 2.15. The Morgan fingerprint density at radius 1 is 1.28 bits per heavy atom. The van der Waals surface area contributed by atoms with Crippen LogP contribution in [0.5, 0.6) is 5.75 Å². The first-order valence-corrected chi connectivity index (χ1v) is 8.94. The molecule has 3 rings (SSSR count). The quantitative estimate of drug-likeness (QED) is 0.678. The summed E-state index contributed by atoms with van der Waals surface area (Å²) in [5.74, 6) is 0.382. The van der Waals surface area contributed by atoms with E-state index in [0.717, 1.165) is 20.9 Å². The third-order valence-corrected chi connectivity index (χ3v) is 4.86. The number of thiazole rings is 1. The summed E-state index contributed by atoms with van der Waals surface area (Å²) < 4.78 is 6.34. The van der Waals surface area contributed by atoms with Gasteiger partial charge in [-0.25, -0.2) is 4.98 Å². The Morgan fingerprint density at radius 2 is 2.08 bits per heavy atom. The average molecular weight is 376 g/mol. The summed E-state index contributed by atoms with van der Waals surface area (Å²) in [4.78, 5) is 16.9. The smallest absolute Gasteiger partial charge is 0.246 e. The number of nitrogens with zero attached hydrogens (tertiary/aromatic N) is 1. The predicted octanol–water partition coefficient (Wildman–Crippen LogP) is 4.71. The standard InChI is InChI=1S/C18H18ClN3O2S/c1-10(18(23)22-15-8-12(19)4-7-16(15)24-3)20-13-5-6-14-17(9-13)25-11(2)21-14/h4-10,20H,1-3H3,(H,22,23)/t10-/m0/s1. The summed E-state index contributed by atoms with van der Waals surface area (Å²) in [6.07, 6.45) is 0. The molecule has 25 heavy (non-hydrogen) atoms. The number of carbonyl (C=O) groups is 1. The molecule has 0 saturated heterocycles. The van der Waals surface area contributed by atoms with Crippen LogP contribution in [0.1, 0.15) is 11.9 Å². The van der Waals surface area contributed by atoms with Gasteiger partial charge >= 0.3 is 0 Å². The van der Waals surface area contributed by atoms with Crippen LogP contribution in [0.25, 0.3) is 10.2 Å². The van der Waals surface area contributed by atoms with Gasteiger partial charge in [0, 0.05) is 10.7 Å². The van der Waals surface area contributed by atoms with E-state index in [4.69, 9.17) is 16.3 Å². The van der Waals surface area contributed by atoms with E-state index in [-0.39, 0.29) is 5.91 Å². The van der Waals surface area contributed by atoms with Crippen molar-refractivity contribution in [3.8, 4) is 5.75 Å². The molecular formula is C18H18ClN3O2S. The van der Waals surface area contributed by atoms with Gasteiger partial charge in [0.05, 0.1) is 28.0 Å². The molecule has 5 nitrogen and oxygen atoms in total. The van der Waals surface area contributed by atoms with E-state index >= 15 is 0 Å². The van der Waals surface area contributed by atoms with Crippen molar-refractivity contribution in [1.82, 2.24) is 4.98 Å². The van der Waals surface area contributed by atoms with Crippen LogP contribution in [0.4, 0.5) is 11.4 Å². The lowest BCUT2D eigenvalue weighted by Crippen LogP contribution is -2.32. The van der Waals surface area contributed by atoms with Gasteiger partial charge in [-0.1, -0.05) is 11.6 Å². The fraction of sp³-hybridized carbons (Fsp3) is 0.222. The van der Waals surface area contributed by atoms with Gasteiger partial charge in [0.1, 0.15) is 11.8 Å². The molecule has 0 fully saturated rings. The number of rotatable bonds is 5. The summed E-state index contributed by atoms with van der Waals surface area (Å²) in [6.45, 7) is 3.78. The van der Waals surface area contributed by atoms with Gasteiger partial charge in [-0.15, -0.1) is 11.3 Å². The zero-order valence-electron chi connectivity index (χ0n) is 14.1. The summed E-state index contributed by atoms with van der Waals surface area (Å²) in [5, 5.41) is 7.60. The van der Waals surface area contributed by atoms with Gasteiger partial charge in [-0.2, -0.15) is 0 Å². The molecule has 1 aromatic heterocycles. The summed E-state index contributed by atoms with van der Waals surface area (Å²) in [5.41, 5.74) is 2.38. The molecule has 1 amide bonds. The molecular weight excluding hydrogens is 358 g/mol. The largest absolute Gasteiger partial charge is 0.495 e. The molecule has 0 unspecified atom stereocenters. The van der Waals surface area contributed by atoms with Crippen molar-refractivity contribution < 1.29 is 9.53 Å². The lowest BCUT2D eigenvalue weighted by atomic mass is 10.2. The summed E-state index contributed by atoms with van der Waals surface area (Å²) >= 11 is 7.62. The fourth-order valence-corrected chi connectivity index (χ4v) is 3.50. The lowest BCUT2D eigenvalue weighted by molar-refractivity contribution is -0.116. The SMILES string of the molecule is COc1ccc(Cl)cc1NC(=O)[C@H](C)Nc1ccc2nc(C)sc2c1. The number of hydrogen-bond acceptors (Lipinski definition) is 5. The third-order valence-electron chi connectivity index (χ3n) is 3.69. The number of fused-ring (bicyclic) bond motifs is 1. The molecule has 0 aliphatic rings. The van der Waals surface area contributed by atoms with Crippen molar-refractivity contribution in [3.05, 3.63) is 46.4 Å². The van der Waals surface area contributed by atoms with E-state index in [1.807, 2.05) is 25.1 Å². The zero-order valence-corrected chi connectivity index (χ0v) is 15.7. The Balaban J connectivity index is 1.72. The molecule has 1 atom stereocenters. The molecule has 1 heterocycles. The molecule has 2 N–H and O–H groups in total. The zero-order chi connectivity index (χ0) is 18.0. The molecule has 0 saturated carbocycles. The van der Waals surface area contributed by atoms with E-state index < -0.39 is 6.04 Å². The maximum atomic E-state index is 12.5. The van der Waals surface area contributed by atoms with Crippen molar-refractivity contribution in [2.75, 3.05) is 17.7 Å². The molecule has 0 radical (unpaired) electrons. The van der Waals surface area contributed by atoms with Gasteiger partial charge in [0.15, 0.2) is 0 Å². The average Bonchev–Trinajstić information content (AvgIpc) is 2.94. The summed E-state index contributed by atoms with van der Waals surface area (Å²) in [6, 6.07) is 10.5. The van der Waals surface area contributed by atoms with Gasteiger partial charge in [0.25, 0.3) is 0 Å². The number of amides is 1. The number of nitrogens with one attached hydrogen (secondary N) is 2. The molecule has 3 aromatic rings. The van der Waals surface area contributed by atoms with E-state index in [9.17, 15) is 4.79 Å². The van der Waals surface area contributed by atoms with E-state index in [1.165, 1.54) is 0 Å². The van der Waals surface area contributed by atoms with Crippen LogP contribution in [0, 0.1) is 6.92 Å². The highest BCUT2D eigenvalue weighted by Crippen LogP contribution is 2.28. The Morgan fingerprint density at radius 3 is 2.84 bits per heavy atom. The van der Waals surface area contributed by atoms with Crippen LogP contribution in [-0.2, 0) is 4.79 Å². The Bertz CT molecular complexity index is 926. The van der Waals surface area contributed by atoms with Crippen LogP contribution in [0.2, 0.25) is 5.02 Å². The van der Waals surface area contributed by atoms with E-state index in [0.29, 0.717) is 16.5 Å². The minimum absolute atomic E-state index is 0.179. The maximum absolute atomic E-state index is 12.5. The molecule has 130 valence electrons. The second-order valence-corrected chi connectivity index (χ2v) is 7.29. The van der Waals surface area contributed by atoms with Crippen molar-refractivity contribution in [3.63, 3.8) is 0 Å². The Hall–Kier alpha value is -2.31. The lowest BCUT2D eigenvalue weighted by Gasteiger charge is -2.17. The van der Waals surface area contributed by atoms with Crippen LogP contribution in [-0.4, -0.2) is 24.0 Å². The first kappa shape index (κ1) is 17.5. The molecule has 0 aliphatic heterocycles. The van der Waals surface area contributed by atoms with Crippen LogP contribution >= 0.6 is 22.9 Å². The maximum Gasteiger partial charge on any atom is 0.246 e. The number of aromatic nitrogens is 1. The predicted molar refractivity (Wildman–Crippen MR) is 104 cm³/mol. The third kappa shape index (κ3) is 4.03. The van der Waals surface area contributed by atoms with Gasteiger partial charge in [-0.3, -0.25) is 4.79 Å². The Labute approximate surface area is 155 Å². The van der Waals surface area contributed by atoms with Crippen molar-refractivity contribution >= 4 is 50.4 Å². The first-order chi connectivity index (χ1) is 12.0. The molecule has 2 aromatic carbocycles. The van der Waals surface area contributed by atoms with E-state index in [2.05, 4.69) is 15.6 Å². The van der Waals surface area contributed by atoms with Crippen LogP contribution in [0.3, 0.4) is 0 Å². The van der Waals surface area contributed by atoms with Gasteiger partial charge in [-0.05, 0) is 50.2 Å². The van der Waals surface area contributed by atoms with Crippen molar-refractivity contribution in [2.24, 2.45) is 0 Å². The summed E-state index contributed by atoms with van der Waals surface area (Å²) in [7, 11) is 1.55. The molecule has 0 bridgehead atoms.